The van der Waals surface area contributed by atoms with Crippen LogP contribution in [-0.4, -0.2) is 64.6 Å². The van der Waals surface area contributed by atoms with Crippen molar-refractivity contribution in [1.29, 1.82) is 0 Å². The zero-order valence-electron chi connectivity index (χ0n) is 34.9. The fourth-order valence-electron chi connectivity index (χ4n) is 6.01. The molecule has 1 aromatic heterocycles. The average Bonchev–Trinajstić information content (AvgIpc) is 3.56. The molecule has 0 saturated heterocycles. The predicted molar refractivity (Wildman–Crippen MR) is 230 cm³/mol. The van der Waals surface area contributed by atoms with Crippen LogP contribution in [0, 0.1) is 5.92 Å². The molecule has 2 atom stereocenters. The Balaban J connectivity index is 1.81. The first-order valence-corrected chi connectivity index (χ1v) is 19.9. The van der Waals surface area contributed by atoms with E-state index in [1.165, 1.54) is 32.2 Å². The Labute approximate surface area is 365 Å². The van der Waals surface area contributed by atoms with E-state index in [0.29, 0.717) is 16.9 Å². The van der Waals surface area contributed by atoms with E-state index in [-0.39, 0.29) is 35.8 Å². The van der Waals surface area contributed by atoms with E-state index in [1.807, 2.05) is 32.0 Å². The molecule has 4 rings (SSSR count). The van der Waals surface area contributed by atoms with Crippen molar-refractivity contribution in [2.75, 3.05) is 0 Å². The van der Waals surface area contributed by atoms with E-state index in [2.05, 4.69) is 42.2 Å². The molecule has 4 aromatic rings. The number of carbonyl (C=O) groups excluding carboxylic acids is 8. The summed E-state index contributed by atoms with van der Waals surface area (Å²) in [5.41, 5.74) is 1.62. The van der Waals surface area contributed by atoms with Gasteiger partial charge in [-0.3, -0.25) is 38.4 Å². The van der Waals surface area contributed by atoms with Crippen LogP contribution in [-0.2, 0) is 44.8 Å². The predicted octanol–water partition coefficient (Wildman–Crippen LogP) is 5.15. The molecule has 4 amide bonds. The number of H-pyrrole nitrogens is 1. The molecule has 0 radical (unpaired) electrons. The van der Waals surface area contributed by atoms with E-state index >= 15 is 0 Å². The van der Waals surface area contributed by atoms with Crippen molar-refractivity contribution in [1.82, 2.24) is 26.3 Å². The summed E-state index contributed by atoms with van der Waals surface area (Å²) < 4.78 is 21.7. The number of halogens is 1. The maximum absolute atomic E-state index is 14.5. The Kier molecular flexibility index (Phi) is 16.9. The second-order valence-electron chi connectivity index (χ2n) is 14.3. The largest absolute Gasteiger partial charge is 0.427 e. The van der Waals surface area contributed by atoms with Crippen LogP contribution in [0.15, 0.2) is 77.2 Å². The van der Waals surface area contributed by atoms with Gasteiger partial charge in [-0.1, -0.05) is 48.0 Å². The SMILES string of the molecule is CC(=O)NC(CC(C)C)C(=O)NC(=Cc1cc(OC(C)=O)c(OC(C)=O)c(OC(C)=O)c1)C(=O)NC(Cc1c[nH]c2cc(Br)ccc12)C(=O)N/C=C/c1ccc(OC(C)=O)cc1. The van der Waals surface area contributed by atoms with Gasteiger partial charge in [0.2, 0.25) is 23.5 Å². The smallest absolute Gasteiger partial charge is 0.308 e. The van der Waals surface area contributed by atoms with Crippen LogP contribution in [0.1, 0.15) is 71.6 Å². The number of hydrogen-bond donors (Lipinski definition) is 5. The van der Waals surface area contributed by atoms with Crippen molar-refractivity contribution in [2.45, 2.75) is 73.4 Å². The van der Waals surface area contributed by atoms with Crippen molar-refractivity contribution in [3.8, 4) is 23.0 Å². The lowest BCUT2D eigenvalue weighted by Crippen LogP contribution is -2.51. The summed E-state index contributed by atoms with van der Waals surface area (Å²) in [6.45, 7) is 9.42. The van der Waals surface area contributed by atoms with Crippen LogP contribution in [0.25, 0.3) is 23.1 Å². The number of amides is 4. The molecule has 62 heavy (non-hydrogen) atoms. The van der Waals surface area contributed by atoms with Gasteiger partial charge < -0.3 is 45.2 Å². The number of carbonyl (C=O) groups is 8. The van der Waals surface area contributed by atoms with Crippen molar-refractivity contribution in [2.24, 2.45) is 5.92 Å². The van der Waals surface area contributed by atoms with Crippen LogP contribution < -0.4 is 40.2 Å². The zero-order valence-corrected chi connectivity index (χ0v) is 36.5. The van der Waals surface area contributed by atoms with Crippen molar-refractivity contribution in [3.63, 3.8) is 0 Å². The average molecular weight is 917 g/mol. The third-order valence-corrected chi connectivity index (χ3v) is 8.92. The van der Waals surface area contributed by atoms with Crippen LogP contribution in [0.3, 0.4) is 0 Å². The first-order chi connectivity index (χ1) is 29.3. The number of aromatic amines is 1. The van der Waals surface area contributed by atoms with Gasteiger partial charge in [0.05, 0.1) is 0 Å². The number of aromatic nitrogens is 1. The molecule has 326 valence electrons. The molecule has 0 spiro atoms. The van der Waals surface area contributed by atoms with Gasteiger partial charge >= 0.3 is 23.9 Å². The summed E-state index contributed by atoms with van der Waals surface area (Å²) in [5.74, 6) is -6.77. The lowest BCUT2D eigenvalue weighted by molar-refractivity contribution is -0.135. The number of fused-ring (bicyclic) bond motifs is 1. The molecule has 3 aromatic carbocycles. The highest BCUT2D eigenvalue weighted by Gasteiger charge is 2.28. The highest BCUT2D eigenvalue weighted by atomic mass is 79.9. The van der Waals surface area contributed by atoms with Crippen LogP contribution in [0.5, 0.6) is 23.0 Å². The highest BCUT2D eigenvalue weighted by molar-refractivity contribution is 9.10. The van der Waals surface area contributed by atoms with E-state index in [1.54, 1.807) is 36.5 Å². The highest BCUT2D eigenvalue weighted by Crippen LogP contribution is 2.40. The summed E-state index contributed by atoms with van der Waals surface area (Å²) in [7, 11) is 0. The maximum Gasteiger partial charge on any atom is 0.308 e. The van der Waals surface area contributed by atoms with Gasteiger partial charge in [-0.2, -0.15) is 0 Å². The standard InChI is InChI=1S/C44H46BrN5O12/c1-23(2)16-36(48-24(3)51)43(57)49-37(17-30-18-39(60-26(5)53)41(62-28(7)55)40(19-30)61-27(6)54)44(58)50-38(20-31-22-47-35-21-32(45)10-13-34(31)35)42(56)46-15-14-29-8-11-33(12-9-29)59-25(4)52/h8-15,17-19,21-23,36,38,47H,16,20H2,1-7H3,(H,46,56)(H,48,51)(H,49,57)(H,50,58)/b15-14+,37-17?. The van der Waals surface area contributed by atoms with Gasteiger partial charge in [0.15, 0.2) is 11.5 Å². The van der Waals surface area contributed by atoms with Crippen LogP contribution in [0.2, 0.25) is 0 Å². The summed E-state index contributed by atoms with van der Waals surface area (Å²) in [5, 5.41) is 11.3. The lowest BCUT2D eigenvalue weighted by Gasteiger charge is -2.22. The summed E-state index contributed by atoms with van der Waals surface area (Å²) in [4.78, 5) is 105. The quantitative estimate of drug-likeness (QED) is 0.0525. The molecule has 0 aliphatic rings. The van der Waals surface area contributed by atoms with Gasteiger partial charge in [0.1, 0.15) is 23.5 Å². The molecule has 0 fully saturated rings. The first kappa shape index (κ1) is 47.6. The fourth-order valence-corrected chi connectivity index (χ4v) is 6.37. The van der Waals surface area contributed by atoms with Gasteiger partial charge in [0.25, 0.3) is 5.91 Å². The van der Waals surface area contributed by atoms with Crippen molar-refractivity contribution < 1.29 is 57.3 Å². The van der Waals surface area contributed by atoms with Gasteiger partial charge in [-0.05, 0) is 77.6 Å². The van der Waals surface area contributed by atoms with E-state index < -0.39 is 71.0 Å². The second kappa shape index (κ2) is 22.0. The lowest BCUT2D eigenvalue weighted by atomic mass is 10.0. The van der Waals surface area contributed by atoms with Crippen LogP contribution >= 0.6 is 15.9 Å². The van der Waals surface area contributed by atoms with Gasteiger partial charge in [-0.15, -0.1) is 0 Å². The van der Waals surface area contributed by atoms with Crippen LogP contribution in [0.4, 0.5) is 0 Å². The Morgan fingerprint density at radius 1 is 0.710 bits per heavy atom. The number of ether oxygens (including phenoxy) is 4. The molecule has 0 bridgehead atoms. The Morgan fingerprint density at radius 2 is 1.32 bits per heavy atom. The molecule has 2 unspecified atom stereocenters. The molecular weight excluding hydrogens is 870 g/mol. The number of benzene rings is 3. The number of hydrogen-bond acceptors (Lipinski definition) is 12. The first-order valence-electron chi connectivity index (χ1n) is 19.1. The summed E-state index contributed by atoms with van der Waals surface area (Å²) >= 11 is 3.45. The van der Waals surface area contributed by atoms with Crippen molar-refractivity contribution >= 4 is 86.5 Å². The molecule has 1 heterocycles. The van der Waals surface area contributed by atoms with Gasteiger partial charge in [-0.25, -0.2) is 0 Å². The normalized spacial score (nSPS) is 12.2. The molecule has 18 heteroatoms. The molecule has 0 aliphatic carbocycles. The molecule has 0 aliphatic heterocycles. The minimum Gasteiger partial charge on any atom is -0.427 e. The topological polar surface area (TPSA) is 237 Å². The number of rotatable bonds is 17. The number of nitrogens with one attached hydrogen (secondary N) is 5. The minimum absolute atomic E-state index is 0.00431. The van der Waals surface area contributed by atoms with Crippen molar-refractivity contribution in [3.05, 3.63) is 93.9 Å². The monoisotopic (exact) mass is 915 g/mol. The second-order valence-corrected chi connectivity index (χ2v) is 15.2. The molecule has 5 N–H and O–H groups in total. The Bertz CT molecular complexity index is 2400. The van der Waals surface area contributed by atoms with Gasteiger partial charge in [0, 0.05) is 68.8 Å². The zero-order chi connectivity index (χ0) is 45.7. The minimum atomic E-state index is -1.29. The molecule has 0 saturated carbocycles. The van der Waals surface area contributed by atoms with E-state index in [0.717, 1.165) is 42.2 Å². The summed E-state index contributed by atoms with van der Waals surface area (Å²) in [6, 6.07) is 12.0. The fraction of sp³-hybridized carbons (Fsp3) is 0.273. The molecule has 17 nitrogen and oxygen atoms in total. The van der Waals surface area contributed by atoms with E-state index in [9.17, 15) is 38.4 Å². The third kappa shape index (κ3) is 14.6. The Morgan fingerprint density at radius 3 is 1.89 bits per heavy atom. The maximum atomic E-state index is 14.5. The molecular formula is C44H46BrN5O12. The summed E-state index contributed by atoms with van der Waals surface area (Å²) in [6.07, 6.45) is 5.95. The third-order valence-electron chi connectivity index (χ3n) is 8.43. The van der Waals surface area contributed by atoms with E-state index in [4.69, 9.17) is 18.9 Å². The number of esters is 4. The Hall–Kier alpha value is -7.08.